The Morgan fingerprint density at radius 1 is 0.636 bits per heavy atom. The van der Waals surface area contributed by atoms with Crippen LogP contribution >= 0.6 is 0 Å². The van der Waals surface area contributed by atoms with Gasteiger partial charge in [-0.2, -0.15) is 0 Å². The zero-order chi connectivity index (χ0) is 14.3. The monoisotopic (exact) mass is 651 g/mol. The van der Waals surface area contributed by atoms with Gasteiger partial charge in [-0.05, 0) is 0 Å². The van der Waals surface area contributed by atoms with E-state index in [2.05, 4.69) is 78.9 Å². The molecular weight excluding hydrogens is 630 g/mol. The predicted molar refractivity (Wildman–Crippen MR) is 87.8 cm³/mol. The predicted octanol–water partition coefficient (Wildman–Crippen LogP) is 4.27. The van der Waals surface area contributed by atoms with E-state index in [-0.39, 0.29) is 21.1 Å². The van der Waals surface area contributed by atoms with E-state index in [0.29, 0.717) is 0 Å². The molecule has 2 heteroatoms. The number of allylic oxidation sites excluding steroid dienone is 4. The Morgan fingerprint density at radius 2 is 1.18 bits per heavy atom. The Bertz CT molecular complexity index is 575. The van der Waals surface area contributed by atoms with Gasteiger partial charge in [-0.3, -0.25) is 0 Å². The molecule has 0 amide bonds. The maximum atomic E-state index is 2.54. The molecule has 0 aliphatic heterocycles. The summed E-state index contributed by atoms with van der Waals surface area (Å²) in [5.41, 5.74) is 0. The average Bonchev–Trinajstić information content (AvgIpc) is 2.52. The van der Waals surface area contributed by atoms with E-state index >= 15 is 0 Å². The second kappa shape index (κ2) is 9.44. The molecule has 0 atom stereocenters. The molecule has 22 heavy (non-hydrogen) atoms. The van der Waals surface area contributed by atoms with Crippen molar-refractivity contribution in [3.05, 3.63) is 82.9 Å². The number of benzene rings is 2. The van der Waals surface area contributed by atoms with Crippen molar-refractivity contribution < 1.29 is 38.4 Å². The first-order valence-corrected chi connectivity index (χ1v) is 10.9. The van der Waals surface area contributed by atoms with Crippen LogP contribution in [0.3, 0.4) is 0 Å². The van der Waals surface area contributed by atoms with E-state index in [4.69, 9.17) is 0 Å². The SMILES string of the molecule is C1=CCC[C]([Pt]([c]2ccccc2)[c]2ccccc2)=CCC1.[Pt]. The Morgan fingerprint density at radius 3 is 1.77 bits per heavy atom. The molecule has 0 saturated carbocycles. The van der Waals surface area contributed by atoms with E-state index in [0.717, 1.165) is 0 Å². The normalized spacial score (nSPS) is 15.1. The molecule has 0 unspecified atom stereocenters. The molecule has 0 radical (unpaired) electrons. The van der Waals surface area contributed by atoms with Gasteiger partial charge in [-0.1, -0.05) is 0 Å². The van der Waals surface area contributed by atoms with Gasteiger partial charge < -0.3 is 0 Å². The molecule has 0 spiro atoms. The largest absolute Gasteiger partial charge is 0 e. The van der Waals surface area contributed by atoms with Crippen LogP contribution in [0.4, 0.5) is 0 Å². The number of hydrogen-bond acceptors (Lipinski definition) is 0. The van der Waals surface area contributed by atoms with Crippen molar-refractivity contribution in [2.45, 2.75) is 25.7 Å². The van der Waals surface area contributed by atoms with Gasteiger partial charge in [0.1, 0.15) is 0 Å². The second-order valence-corrected chi connectivity index (χ2v) is 10.7. The van der Waals surface area contributed by atoms with Gasteiger partial charge in [0.15, 0.2) is 0 Å². The number of rotatable bonds is 3. The minimum Gasteiger partial charge on any atom is 0 e. The van der Waals surface area contributed by atoms with Gasteiger partial charge in [0.25, 0.3) is 0 Å². The first-order chi connectivity index (χ1) is 10.4. The zero-order valence-corrected chi connectivity index (χ0v) is 17.0. The summed E-state index contributed by atoms with van der Waals surface area (Å²) in [6, 6.07) is 22.3. The Balaban J connectivity index is 0.00000176. The van der Waals surface area contributed by atoms with Crippen LogP contribution in [0, 0.1) is 0 Å². The van der Waals surface area contributed by atoms with Gasteiger partial charge >= 0.3 is 134 Å². The molecule has 0 bridgehead atoms. The van der Waals surface area contributed by atoms with Gasteiger partial charge in [0.05, 0.1) is 0 Å². The third kappa shape index (κ3) is 4.64. The van der Waals surface area contributed by atoms with Gasteiger partial charge in [0, 0.05) is 21.1 Å². The summed E-state index contributed by atoms with van der Waals surface area (Å²) in [5.74, 6) is 0. The van der Waals surface area contributed by atoms with E-state index in [1.807, 2.05) is 0 Å². The minimum absolute atomic E-state index is 0. The molecule has 0 N–H and O–H groups in total. The smallest absolute Gasteiger partial charge is 0 e. The zero-order valence-electron chi connectivity index (χ0n) is 12.5. The van der Waals surface area contributed by atoms with Crippen molar-refractivity contribution in [2.75, 3.05) is 0 Å². The molecule has 0 heterocycles. The first-order valence-electron chi connectivity index (χ1n) is 7.50. The fourth-order valence-electron chi connectivity index (χ4n) is 2.38. The topological polar surface area (TPSA) is 0 Å². The Labute approximate surface area is 154 Å². The third-order valence-electron chi connectivity index (χ3n) is 3.38. The summed E-state index contributed by atoms with van der Waals surface area (Å²) < 4.78 is 4.84. The van der Waals surface area contributed by atoms with Crippen LogP contribution < -0.4 is 7.91 Å². The third-order valence-corrected chi connectivity index (χ3v) is 10.0. The van der Waals surface area contributed by atoms with Crippen molar-refractivity contribution in [1.29, 1.82) is 0 Å². The van der Waals surface area contributed by atoms with Crippen LogP contribution in [0.2, 0.25) is 0 Å². The van der Waals surface area contributed by atoms with Crippen LogP contribution in [0.25, 0.3) is 0 Å². The van der Waals surface area contributed by atoms with Crippen molar-refractivity contribution in [2.24, 2.45) is 0 Å². The molecule has 1 aliphatic carbocycles. The maximum absolute atomic E-state index is 2.54. The molecule has 1 aliphatic rings. The van der Waals surface area contributed by atoms with Gasteiger partial charge in [-0.25, -0.2) is 0 Å². The number of hydrogen-bond donors (Lipinski definition) is 0. The van der Waals surface area contributed by atoms with Crippen molar-refractivity contribution in [3.8, 4) is 0 Å². The summed E-state index contributed by atoms with van der Waals surface area (Å²) in [6.07, 6.45) is 12.0. The van der Waals surface area contributed by atoms with E-state index in [9.17, 15) is 0 Å². The quantitative estimate of drug-likeness (QED) is 0.436. The van der Waals surface area contributed by atoms with Gasteiger partial charge in [-0.15, -0.1) is 0 Å². The fourth-order valence-corrected chi connectivity index (χ4v) is 8.90. The molecule has 2 aromatic rings. The maximum Gasteiger partial charge on any atom is 0 e. The van der Waals surface area contributed by atoms with Crippen molar-refractivity contribution in [3.63, 3.8) is 0 Å². The van der Waals surface area contributed by atoms with Crippen LogP contribution in [-0.4, -0.2) is 0 Å². The first kappa shape index (κ1) is 17.6. The molecule has 3 rings (SSSR count). The van der Waals surface area contributed by atoms with Crippen LogP contribution in [0.15, 0.2) is 82.9 Å². The summed E-state index contributed by atoms with van der Waals surface area (Å²) >= 11 is -1.47. The van der Waals surface area contributed by atoms with Crippen molar-refractivity contribution in [1.82, 2.24) is 0 Å². The molecule has 0 saturated heterocycles. The van der Waals surface area contributed by atoms with E-state index in [1.165, 1.54) is 25.7 Å². The molecule has 0 aromatic heterocycles. The van der Waals surface area contributed by atoms with E-state index in [1.54, 1.807) is 11.9 Å². The second-order valence-electron chi connectivity index (χ2n) is 4.96. The summed E-state index contributed by atoms with van der Waals surface area (Å²) in [7, 11) is 0. The fraction of sp³-hybridized carbons (Fsp3) is 0.200. The molecule has 0 nitrogen and oxygen atoms in total. The Hall–Kier alpha value is -0.703. The van der Waals surface area contributed by atoms with Crippen LogP contribution in [-0.2, 0) is 38.4 Å². The average molecular weight is 652 g/mol. The molecule has 0 fully saturated rings. The summed E-state index contributed by atoms with van der Waals surface area (Å²) in [4.78, 5) is 0. The summed E-state index contributed by atoms with van der Waals surface area (Å²) in [5, 5.41) is 0. The van der Waals surface area contributed by atoms with E-state index < -0.39 is 17.3 Å². The van der Waals surface area contributed by atoms with Crippen LogP contribution in [0.1, 0.15) is 25.7 Å². The van der Waals surface area contributed by atoms with Crippen LogP contribution in [0.5, 0.6) is 0 Å². The summed E-state index contributed by atoms with van der Waals surface area (Å²) in [6.45, 7) is 0. The molecular formula is C20H21Pt2. The molecule has 121 valence electrons. The standard InChI is InChI=1S/C8H11.2C6H5.2Pt/c1-2-4-6-8-7-5-3-1;2*1-2-4-6-5-3-1;;/h1-2,7H,3-6H2;2*1-5H;;. The molecule has 2 aromatic carbocycles. The van der Waals surface area contributed by atoms with Crippen molar-refractivity contribution >= 4 is 7.91 Å². The van der Waals surface area contributed by atoms with Gasteiger partial charge in [0.2, 0.25) is 0 Å². The minimum atomic E-state index is -1.47. The Kier molecular flexibility index (Phi) is 7.57.